The molecule has 0 unspecified atom stereocenters. The van der Waals surface area contributed by atoms with E-state index in [9.17, 15) is 13.6 Å². The summed E-state index contributed by atoms with van der Waals surface area (Å²) in [6.45, 7) is 0.368. The third kappa shape index (κ3) is 5.06. The summed E-state index contributed by atoms with van der Waals surface area (Å²) in [7, 11) is 1.23. The number of hydrogen-bond donors (Lipinski definition) is 3. The molecule has 0 amide bonds. The van der Waals surface area contributed by atoms with E-state index >= 15 is 0 Å². The molecule has 1 aliphatic rings. The van der Waals surface area contributed by atoms with Gasteiger partial charge in [0.05, 0.1) is 24.4 Å². The van der Waals surface area contributed by atoms with Crippen LogP contribution < -0.4 is 15.8 Å². The van der Waals surface area contributed by atoms with Crippen LogP contribution >= 0.6 is 0 Å². The topological polar surface area (TPSA) is 115 Å². The maximum Gasteiger partial charge on any atom is 0.306 e. The normalized spacial score (nSPS) is 12.7. The number of halogens is 2. The van der Waals surface area contributed by atoms with Crippen LogP contribution in [0.2, 0.25) is 0 Å². The van der Waals surface area contributed by atoms with Crippen molar-refractivity contribution in [2.45, 2.75) is 19.4 Å². The molecule has 0 spiro atoms. The number of nitrogens with one attached hydrogen (secondary N) is 1. The van der Waals surface area contributed by atoms with E-state index in [0.29, 0.717) is 12.2 Å². The third-order valence-electron chi connectivity index (χ3n) is 5.29. The molecule has 0 atom stereocenters. The Labute approximate surface area is 194 Å². The summed E-state index contributed by atoms with van der Waals surface area (Å²) in [4.78, 5) is 13.9. The van der Waals surface area contributed by atoms with Crippen LogP contribution in [0, 0.1) is 17.6 Å². The second kappa shape index (κ2) is 9.74. The molecule has 5 rings (SSSR count). The molecule has 2 heterocycles. The van der Waals surface area contributed by atoms with Gasteiger partial charge in [-0.15, -0.1) is 5.10 Å². The minimum Gasteiger partial charge on any atom is -0.491 e. The Hall–Kier alpha value is -4.21. The van der Waals surface area contributed by atoms with Crippen molar-refractivity contribution < 1.29 is 23.4 Å². The first-order valence-electron chi connectivity index (χ1n) is 10.6. The Balaban J connectivity index is 0.000000398. The van der Waals surface area contributed by atoms with Crippen LogP contribution in [0.15, 0.2) is 54.6 Å². The van der Waals surface area contributed by atoms with Crippen molar-refractivity contribution in [2.75, 3.05) is 18.2 Å². The Bertz CT molecular complexity index is 1320. The van der Waals surface area contributed by atoms with Crippen molar-refractivity contribution in [2.24, 2.45) is 5.92 Å². The highest BCUT2D eigenvalue weighted by Gasteiger charge is 2.28. The number of nitrogen functional groups attached to an aromatic ring is 1. The van der Waals surface area contributed by atoms with Crippen LogP contribution in [-0.4, -0.2) is 32.8 Å². The van der Waals surface area contributed by atoms with Crippen molar-refractivity contribution in [3.05, 3.63) is 71.8 Å². The number of nitrogens with two attached hydrogens (primary N) is 1. The number of nitrogens with zero attached hydrogens (tertiary/aromatic N) is 3. The van der Waals surface area contributed by atoms with Gasteiger partial charge in [-0.2, -0.15) is 4.98 Å². The summed E-state index contributed by atoms with van der Waals surface area (Å²) in [5, 5.41) is 15.2. The van der Waals surface area contributed by atoms with Gasteiger partial charge in [0.2, 0.25) is 5.95 Å². The van der Waals surface area contributed by atoms with Gasteiger partial charge in [-0.05, 0) is 42.7 Å². The molecule has 8 nitrogen and oxygen atoms in total. The van der Waals surface area contributed by atoms with Crippen molar-refractivity contribution >= 4 is 23.3 Å². The highest BCUT2D eigenvalue weighted by atomic mass is 19.1. The summed E-state index contributed by atoms with van der Waals surface area (Å²) < 4.78 is 34.2. The largest absolute Gasteiger partial charge is 0.491 e. The van der Waals surface area contributed by atoms with Crippen molar-refractivity contribution in [1.29, 1.82) is 0 Å². The number of aromatic nitrogens is 3. The maximum atomic E-state index is 14.2. The van der Waals surface area contributed by atoms with Gasteiger partial charge in [0.25, 0.3) is 0 Å². The summed E-state index contributed by atoms with van der Waals surface area (Å²) in [5.41, 5.74) is 9.25. The Morgan fingerprint density at radius 1 is 1.18 bits per heavy atom. The second-order valence-corrected chi connectivity index (χ2v) is 7.76. The SMILES string of the molecule is COc1c(F)ccc(NCc2ccc(-c3cccc4nc(N)nn34)cc2)c1F.O=C(O)C1CC1. The molecule has 4 aromatic rings. The van der Waals surface area contributed by atoms with E-state index in [1.807, 2.05) is 42.5 Å². The van der Waals surface area contributed by atoms with Crippen molar-refractivity contribution in [3.8, 4) is 17.0 Å². The minimum atomic E-state index is -0.755. The molecule has 1 saturated carbocycles. The summed E-state index contributed by atoms with van der Waals surface area (Å²) in [6, 6.07) is 15.9. The quantitative estimate of drug-likeness (QED) is 0.386. The highest BCUT2D eigenvalue weighted by molar-refractivity contribution is 5.72. The maximum absolute atomic E-state index is 14.2. The number of carbonyl (C=O) groups is 1. The van der Waals surface area contributed by atoms with Gasteiger partial charge in [0, 0.05) is 12.1 Å². The van der Waals surface area contributed by atoms with E-state index in [1.165, 1.54) is 13.2 Å². The first-order valence-corrected chi connectivity index (χ1v) is 10.6. The zero-order valence-corrected chi connectivity index (χ0v) is 18.3. The minimum absolute atomic E-state index is 0.0185. The fourth-order valence-electron chi connectivity index (χ4n) is 3.32. The number of methoxy groups -OCH3 is 1. The lowest BCUT2D eigenvalue weighted by Gasteiger charge is -2.11. The smallest absolute Gasteiger partial charge is 0.306 e. The van der Waals surface area contributed by atoms with Gasteiger partial charge in [-0.1, -0.05) is 30.3 Å². The van der Waals surface area contributed by atoms with E-state index in [0.717, 1.165) is 35.7 Å². The fraction of sp³-hybridized carbons (Fsp3) is 0.208. The Kier molecular flexibility index (Phi) is 6.58. The predicted molar refractivity (Wildman–Crippen MR) is 123 cm³/mol. The number of pyridine rings is 1. The average molecular weight is 467 g/mol. The first-order chi connectivity index (χ1) is 16.4. The lowest BCUT2D eigenvalue weighted by atomic mass is 10.1. The number of hydrogen-bond acceptors (Lipinski definition) is 6. The van der Waals surface area contributed by atoms with E-state index in [4.69, 9.17) is 15.6 Å². The molecule has 0 saturated heterocycles. The molecular weight excluding hydrogens is 444 g/mol. The van der Waals surface area contributed by atoms with Gasteiger partial charge in [-0.3, -0.25) is 4.79 Å². The van der Waals surface area contributed by atoms with Gasteiger partial charge < -0.3 is 20.9 Å². The lowest BCUT2D eigenvalue weighted by Crippen LogP contribution is -2.04. The third-order valence-corrected chi connectivity index (χ3v) is 5.29. The molecule has 2 aromatic carbocycles. The van der Waals surface area contributed by atoms with Crippen LogP contribution in [-0.2, 0) is 11.3 Å². The van der Waals surface area contributed by atoms with Crippen LogP contribution in [0.5, 0.6) is 5.75 Å². The zero-order valence-electron chi connectivity index (χ0n) is 18.3. The monoisotopic (exact) mass is 467 g/mol. The first kappa shape index (κ1) is 23.0. The lowest BCUT2D eigenvalue weighted by molar-refractivity contribution is -0.138. The number of anilines is 2. The molecule has 34 heavy (non-hydrogen) atoms. The van der Waals surface area contributed by atoms with Crippen LogP contribution in [0.25, 0.3) is 16.9 Å². The zero-order chi connectivity index (χ0) is 24.2. The van der Waals surface area contributed by atoms with Crippen LogP contribution in [0.3, 0.4) is 0 Å². The molecule has 1 aliphatic carbocycles. The molecule has 1 fully saturated rings. The van der Waals surface area contributed by atoms with Crippen LogP contribution in [0.4, 0.5) is 20.4 Å². The van der Waals surface area contributed by atoms with Gasteiger partial charge in [-0.25, -0.2) is 13.3 Å². The Morgan fingerprint density at radius 2 is 1.91 bits per heavy atom. The predicted octanol–water partition coefficient (Wildman–Crippen LogP) is 4.36. The molecule has 0 radical (unpaired) electrons. The number of fused-ring (bicyclic) bond motifs is 1. The molecule has 10 heteroatoms. The molecule has 0 bridgehead atoms. The molecular formula is C24H23F2N5O3. The van der Waals surface area contributed by atoms with E-state index in [1.54, 1.807) is 4.52 Å². The molecule has 4 N–H and O–H groups in total. The summed E-state index contributed by atoms with van der Waals surface area (Å²) >= 11 is 0. The van der Waals surface area contributed by atoms with Crippen LogP contribution in [0.1, 0.15) is 18.4 Å². The number of benzene rings is 2. The van der Waals surface area contributed by atoms with Gasteiger partial charge in [0.1, 0.15) is 0 Å². The fourth-order valence-corrected chi connectivity index (χ4v) is 3.32. The molecule has 2 aromatic heterocycles. The Morgan fingerprint density at radius 3 is 2.53 bits per heavy atom. The number of ether oxygens (including phenoxy) is 1. The summed E-state index contributed by atoms with van der Waals surface area (Å²) in [5.74, 6) is -2.29. The number of rotatable bonds is 6. The van der Waals surface area contributed by atoms with Gasteiger partial charge in [0.15, 0.2) is 23.0 Å². The number of aliphatic carboxylic acids is 1. The second-order valence-electron chi connectivity index (χ2n) is 7.76. The van der Waals surface area contributed by atoms with E-state index < -0.39 is 23.4 Å². The number of carboxylic acid groups (broad SMARTS) is 1. The van der Waals surface area contributed by atoms with Gasteiger partial charge >= 0.3 is 5.97 Å². The van der Waals surface area contributed by atoms with Crippen molar-refractivity contribution in [3.63, 3.8) is 0 Å². The standard InChI is InChI=1S/C20H17F2N5O.C4H6O2/c1-28-19-14(21)9-10-15(18(19)22)24-11-12-5-7-13(8-6-12)16-3-2-4-17-25-20(23)26-27(16)17;5-4(6)3-1-2-3/h2-10,24H,11H2,1H3,(H2,23,26);3H,1-2H2,(H,5,6). The van der Waals surface area contributed by atoms with E-state index in [-0.39, 0.29) is 17.6 Å². The highest BCUT2D eigenvalue weighted by Crippen LogP contribution is 2.29. The number of carboxylic acids is 1. The van der Waals surface area contributed by atoms with E-state index in [2.05, 4.69) is 15.4 Å². The average Bonchev–Trinajstić information content (AvgIpc) is 3.61. The summed E-state index contributed by atoms with van der Waals surface area (Å²) in [6.07, 6.45) is 1.80. The molecule has 176 valence electrons. The molecule has 0 aliphatic heterocycles. The van der Waals surface area contributed by atoms with Crippen molar-refractivity contribution in [1.82, 2.24) is 14.6 Å².